The van der Waals surface area contributed by atoms with Crippen LogP contribution < -0.4 is 48.7 Å². The van der Waals surface area contributed by atoms with Crippen molar-refractivity contribution in [2.75, 3.05) is 19.6 Å². The number of carbonyl (C=O) groups is 11. The second kappa shape index (κ2) is 24.4. The quantitative estimate of drug-likeness (QED) is 0.0392. The van der Waals surface area contributed by atoms with E-state index in [-0.39, 0.29) is 37.5 Å². The molecule has 23 heteroatoms. The molecule has 0 aliphatic carbocycles. The Hall–Kier alpha value is -5.87. The number of carboxylic acids is 3. The maximum Gasteiger partial charge on any atom is 0.322 e. The zero-order valence-electron chi connectivity index (χ0n) is 30.4. The minimum absolute atomic E-state index is 0.0264. The van der Waals surface area contributed by atoms with Gasteiger partial charge in [0.15, 0.2) is 0 Å². The van der Waals surface area contributed by atoms with Crippen LogP contribution in [0, 0.1) is 11.8 Å². The average Bonchev–Trinajstić information content (AvgIpc) is 3.05. The van der Waals surface area contributed by atoms with E-state index in [0.29, 0.717) is 0 Å². The molecule has 0 fully saturated rings. The van der Waals surface area contributed by atoms with Gasteiger partial charge in [0.05, 0.1) is 25.9 Å². The van der Waals surface area contributed by atoms with Crippen LogP contribution in [0.5, 0.6) is 0 Å². The van der Waals surface area contributed by atoms with Gasteiger partial charge in [-0.1, -0.05) is 27.7 Å². The van der Waals surface area contributed by atoms with Crippen molar-refractivity contribution >= 4 is 65.2 Å². The Morgan fingerprint density at radius 2 is 0.889 bits per heavy atom. The van der Waals surface area contributed by atoms with E-state index in [2.05, 4.69) is 31.9 Å². The third-order valence-electron chi connectivity index (χ3n) is 7.08. The Bertz CT molecular complexity index is 1400. The van der Waals surface area contributed by atoms with Gasteiger partial charge >= 0.3 is 17.9 Å². The third-order valence-corrected chi connectivity index (χ3v) is 7.08. The fourth-order valence-electron chi connectivity index (χ4n) is 4.62. The highest BCUT2D eigenvalue weighted by molar-refractivity contribution is 5.98. The van der Waals surface area contributed by atoms with Crippen molar-refractivity contribution in [2.45, 2.75) is 96.4 Å². The van der Waals surface area contributed by atoms with Crippen LogP contribution in [0.4, 0.5) is 0 Å². The molecule has 0 aliphatic rings. The first-order valence-electron chi connectivity index (χ1n) is 16.7. The molecule has 23 nitrogen and oxygen atoms in total. The van der Waals surface area contributed by atoms with Gasteiger partial charge in [0.2, 0.25) is 47.3 Å². The number of hydrogen-bond acceptors (Lipinski definition) is 12. The highest BCUT2D eigenvalue weighted by atomic mass is 16.4. The molecule has 0 saturated carbocycles. The minimum atomic E-state index is -1.80. The zero-order chi connectivity index (χ0) is 41.7. The molecule has 0 rings (SSSR count). The summed E-state index contributed by atoms with van der Waals surface area (Å²) >= 11 is 0. The van der Waals surface area contributed by atoms with E-state index in [1.165, 1.54) is 0 Å². The van der Waals surface area contributed by atoms with Crippen LogP contribution >= 0.6 is 0 Å². The van der Waals surface area contributed by atoms with E-state index in [1.807, 2.05) is 5.32 Å². The topological polar surface area (TPSA) is 385 Å². The summed E-state index contributed by atoms with van der Waals surface area (Å²) in [7, 11) is 0. The maximum atomic E-state index is 13.4. The molecule has 0 aliphatic heterocycles. The molecule has 0 heterocycles. The van der Waals surface area contributed by atoms with E-state index in [1.54, 1.807) is 27.7 Å². The Labute approximate surface area is 309 Å². The molecule has 54 heavy (non-hydrogen) atoms. The summed E-state index contributed by atoms with van der Waals surface area (Å²) in [5.74, 6) is -12.6. The summed E-state index contributed by atoms with van der Waals surface area (Å²) in [4.78, 5) is 135. The molecule has 0 spiro atoms. The molecule has 14 N–H and O–H groups in total. The Kier molecular flexibility index (Phi) is 21.7. The van der Waals surface area contributed by atoms with Crippen LogP contribution in [0.1, 0.15) is 66.2 Å². The number of nitrogens with two attached hydrogens (primary N) is 2. The van der Waals surface area contributed by atoms with Crippen molar-refractivity contribution in [2.24, 2.45) is 23.3 Å². The van der Waals surface area contributed by atoms with Crippen molar-refractivity contribution in [1.29, 1.82) is 0 Å². The molecule has 0 aromatic rings. The van der Waals surface area contributed by atoms with Gasteiger partial charge in [0.1, 0.15) is 36.8 Å². The van der Waals surface area contributed by atoms with Gasteiger partial charge in [-0.15, -0.1) is 0 Å². The molecule has 0 aromatic carbocycles. The van der Waals surface area contributed by atoms with Crippen LogP contribution in [0.3, 0.4) is 0 Å². The Morgan fingerprint density at radius 1 is 0.500 bits per heavy atom. The molecule has 0 aromatic heterocycles. The number of primary amides is 1. The minimum Gasteiger partial charge on any atom is -0.481 e. The highest BCUT2D eigenvalue weighted by Crippen LogP contribution is 2.10. The van der Waals surface area contributed by atoms with Crippen molar-refractivity contribution in [3.05, 3.63) is 0 Å². The summed E-state index contributed by atoms with van der Waals surface area (Å²) in [6.45, 7) is 4.57. The number of amides is 8. The molecule has 0 radical (unpaired) electrons. The second-order valence-corrected chi connectivity index (χ2v) is 12.9. The fraction of sp³-hybridized carbons (Fsp3) is 0.645. The van der Waals surface area contributed by atoms with Gasteiger partial charge in [-0.2, -0.15) is 0 Å². The first kappa shape index (κ1) is 48.1. The SMILES string of the molecule is CC(C)C[C@H](NC(=O)[C@H](CC(=O)O)NC(=O)[C@H](CC(C)C)NC(=O)[C@H](CCC(N)=O)NC(=O)CN)C(=O)NCC(=O)N[C@@H](CC(=O)O)C(=O)NCC(=O)O. The summed E-state index contributed by atoms with van der Waals surface area (Å²) in [6, 6.07) is -7.61. The van der Waals surface area contributed by atoms with Crippen molar-refractivity contribution in [3.8, 4) is 0 Å². The van der Waals surface area contributed by atoms with E-state index >= 15 is 0 Å². The lowest BCUT2D eigenvalue weighted by Gasteiger charge is -2.27. The molecule has 304 valence electrons. The van der Waals surface area contributed by atoms with E-state index < -0.39 is 128 Å². The van der Waals surface area contributed by atoms with Crippen molar-refractivity contribution in [3.63, 3.8) is 0 Å². The summed E-state index contributed by atoms with van der Waals surface area (Å²) < 4.78 is 0. The van der Waals surface area contributed by atoms with Gasteiger partial charge < -0.3 is 64.0 Å². The number of hydrogen-bond donors (Lipinski definition) is 12. The second-order valence-electron chi connectivity index (χ2n) is 12.9. The lowest BCUT2D eigenvalue weighted by atomic mass is 10.0. The predicted octanol–water partition coefficient (Wildman–Crippen LogP) is -5.01. The zero-order valence-corrected chi connectivity index (χ0v) is 30.4. The first-order chi connectivity index (χ1) is 25.0. The van der Waals surface area contributed by atoms with E-state index in [4.69, 9.17) is 21.7 Å². The van der Waals surface area contributed by atoms with Crippen LogP contribution in [-0.4, -0.2) is 130 Å². The predicted molar refractivity (Wildman–Crippen MR) is 184 cm³/mol. The lowest BCUT2D eigenvalue weighted by Crippen LogP contribution is -2.59. The standard InChI is InChI=1S/C31H51N9O14/c1-14(2)7-17(27(50)34-12-23(43)37-19(9-24(44)45)28(51)35-13-26(48)49)38-31(54)20(10-25(46)47)40-30(53)18(8-15(3)4)39-29(52)16(5-6-21(33)41)36-22(42)11-32/h14-20H,5-13,32H2,1-4H3,(H2,33,41)(H,34,50)(H,35,51)(H,36,42)(H,37,43)(H,38,54)(H,39,52)(H,40,53)(H,44,45)(H,46,47)(H,48,49)/t16-,17-,18-,19-,20-/m0/s1. The molecular weight excluding hydrogens is 722 g/mol. The molecule has 8 amide bonds. The van der Waals surface area contributed by atoms with Crippen LogP contribution in [0.25, 0.3) is 0 Å². The molecule has 0 unspecified atom stereocenters. The van der Waals surface area contributed by atoms with Gasteiger partial charge in [-0.3, -0.25) is 52.7 Å². The lowest BCUT2D eigenvalue weighted by molar-refractivity contribution is -0.142. The van der Waals surface area contributed by atoms with Gasteiger partial charge in [-0.25, -0.2) is 0 Å². The molecule has 0 bridgehead atoms. The highest BCUT2D eigenvalue weighted by Gasteiger charge is 2.33. The fourth-order valence-corrected chi connectivity index (χ4v) is 4.62. The normalized spacial score (nSPS) is 13.5. The van der Waals surface area contributed by atoms with Crippen LogP contribution in [0.15, 0.2) is 0 Å². The van der Waals surface area contributed by atoms with E-state index in [0.717, 1.165) is 0 Å². The summed E-state index contributed by atoms with van der Waals surface area (Å²) in [5, 5.41) is 42.9. The smallest absolute Gasteiger partial charge is 0.322 e. The largest absolute Gasteiger partial charge is 0.481 e. The monoisotopic (exact) mass is 773 g/mol. The molecule has 0 saturated heterocycles. The van der Waals surface area contributed by atoms with Crippen molar-refractivity contribution in [1.82, 2.24) is 37.2 Å². The number of carbonyl (C=O) groups excluding carboxylic acids is 8. The van der Waals surface area contributed by atoms with Gasteiger partial charge in [-0.05, 0) is 31.1 Å². The summed E-state index contributed by atoms with van der Waals surface area (Å²) in [6.07, 6.45) is -2.52. The third kappa shape index (κ3) is 20.8. The number of nitrogens with one attached hydrogen (secondary N) is 7. The Morgan fingerprint density at radius 3 is 1.33 bits per heavy atom. The Balaban J connectivity index is 5.98. The average molecular weight is 774 g/mol. The van der Waals surface area contributed by atoms with Gasteiger partial charge in [0.25, 0.3) is 0 Å². The first-order valence-corrected chi connectivity index (χ1v) is 16.7. The molecule has 5 atom stereocenters. The van der Waals surface area contributed by atoms with Crippen LogP contribution in [0.2, 0.25) is 0 Å². The van der Waals surface area contributed by atoms with Gasteiger partial charge in [0, 0.05) is 6.42 Å². The maximum absolute atomic E-state index is 13.4. The van der Waals surface area contributed by atoms with Crippen molar-refractivity contribution < 1.29 is 68.1 Å². The van der Waals surface area contributed by atoms with E-state index in [9.17, 15) is 57.8 Å². The summed E-state index contributed by atoms with van der Waals surface area (Å²) in [5.41, 5.74) is 10.5. The number of carboxylic acid groups (broad SMARTS) is 3. The van der Waals surface area contributed by atoms with Crippen LogP contribution in [-0.2, 0) is 52.7 Å². The number of rotatable bonds is 26. The number of aliphatic carboxylic acids is 3. The molecular formula is C31H51N9O14.